The van der Waals surface area contributed by atoms with Gasteiger partial charge >= 0.3 is 0 Å². The molecule has 0 aliphatic rings. The van der Waals surface area contributed by atoms with Crippen molar-refractivity contribution in [1.29, 1.82) is 0 Å². The van der Waals surface area contributed by atoms with Gasteiger partial charge in [0.15, 0.2) is 0 Å². The summed E-state index contributed by atoms with van der Waals surface area (Å²) in [6, 6.07) is 0. The fraction of sp³-hybridized carbons (Fsp3) is 1.00. The van der Waals surface area contributed by atoms with Crippen LogP contribution in [0.1, 0.15) is 0 Å². The summed E-state index contributed by atoms with van der Waals surface area (Å²) in [5.74, 6) is 0. The van der Waals surface area contributed by atoms with Crippen LogP contribution in [0.2, 0.25) is 0 Å². The molecule has 0 N–H and O–H groups in total. The summed E-state index contributed by atoms with van der Waals surface area (Å²) >= 11 is 0. The molecule has 0 amide bonds. The Balaban J connectivity index is 2.83. The Hall–Kier alpha value is -0.730. The molecule has 0 saturated heterocycles. The first kappa shape index (κ1) is 6.27. The van der Waals surface area contributed by atoms with Gasteiger partial charge in [0.1, 0.15) is 0 Å². The molecule has 0 radical (unpaired) electrons. The standard InChI is InChI=1S/C3H7N3O/c1-7-3-2-5-6-4/h2-3H2,1H3. The number of rotatable bonds is 3. The van der Waals surface area contributed by atoms with Crippen molar-refractivity contribution >= 4 is 0 Å². The van der Waals surface area contributed by atoms with Gasteiger partial charge in [0, 0.05) is 18.6 Å². The van der Waals surface area contributed by atoms with E-state index in [-0.39, 0.29) is 0 Å². The van der Waals surface area contributed by atoms with E-state index in [1.807, 2.05) is 0 Å². The molecule has 0 rings (SSSR count). The molecule has 0 bridgehead atoms. The number of ether oxygens (including phenoxy) is 1. The summed E-state index contributed by atoms with van der Waals surface area (Å²) in [6.07, 6.45) is 0. The summed E-state index contributed by atoms with van der Waals surface area (Å²) < 4.78 is 4.58. The molecule has 4 nitrogen and oxygen atoms in total. The maximum absolute atomic E-state index is 7.70. The second kappa shape index (κ2) is 5.27. The molecule has 4 heteroatoms. The summed E-state index contributed by atoms with van der Waals surface area (Å²) in [6.45, 7) is 0.928. The molecule has 0 atom stereocenters. The zero-order valence-corrected chi connectivity index (χ0v) is 4.16. The third kappa shape index (κ3) is 5.27. The van der Waals surface area contributed by atoms with Crippen molar-refractivity contribution in [2.24, 2.45) is 5.11 Å². The second-order valence-electron chi connectivity index (χ2n) is 0.947. The molecule has 0 saturated carbocycles. The van der Waals surface area contributed by atoms with Gasteiger partial charge in [-0.2, -0.15) is 0 Å². The highest BCUT2D eigenvalue weighted by atomic mass is 16.5. The van der Waals surface area contributed by atoms with Crippen LogP contribution in [0.15, 0.2) is 5.11 Å². The van der Waals surface area contributed by atoms with Crippen LogP contribution in [0.5, 0.6) is 0 Å². The summed E-state index contributed by atoms with van der Waals surface area (Å²) in [5, 5.41) is 3.22. The largest absolute Gasteiger partial charge is 0.385 e. The van der Waals surface area contributed by atoms with Crippen LogP contribution in [0.25, 0.3) is 10.4 Å². The van der Waals surface area contributed by atoms with Crippen molar-refractivity contribution in [2.75, 3.05) is 20.3 Å². The van der Waals surface area contributed by atoms with E-state index in [0.717, 1.165) is 0 Å². The molecule has 0 heterocycles. The van der Waals surface area contributed by atoms with Gasteiger partial charge in [0.25, 0.3) is 0 Å². The average molecular weight is 101 g/mol. The van der Waals surface area contributed by atoms with Gasteiger partial charge in [0.05, 0.1) is 6.61 Å². The number of hydrogen-bond donors (Lipinski definition) is 0. The first-order valence-corrected chi connectivity index (χ1v) is 1.91. The maximum atomic E-state index is 7.70. The Kier molecular flexibility index (Phi) is 4.72. The fourth-order valence-corrected chi connectivity index (χ4v) is 0.177. The zero-order valence-electron chi connectivity index (χ0n) is 4.16. The van der Waals surface area contributed by atoms with Crippen molar-refractivity contribution in [3.63, 3.8) is 0 Å². The van der Waals surface area contributed by atoms with Crippen LogP contribution < -0.4 is 0 Å². The lowest BCUT2D eigenvalue weighted by Gasteiger charge is -1.85. The lowest BCUT2D eigenvalue weighted by atomic mass is 10.7. The van der Waals surface area contributed by atoms with Gasteiger partial charge in [-0.25, -0.2) is 0 Å². The van der Waals surface area contributed by atoms with E-state index < -0.39 is 0 Å². The SMILES string of the molecule is COCCN=[N+]=[N-]. The minimum atomic E-state index is 0.424. The Labute approximate surface area is 41.7 Å². The van der Waals surface area contributed by atoms with E-state index >= 15 is 0 Å². The lowest BCUT2D eigenvalue weighted by Crippen LogP contribution is -1.89. The van der Waals surface area contributed by atoms with Crippen molar-refractivity contribution in [3.8, 4) is 0 Å². The third-order valence-electron chi connectivity index (χ3n) is 0.459. The normalized spacial score (nSPS) is 7.57. The van der Waals surface area contributed by atoms with E-state index in [1.165, 1.54) is 0 Å². The monoisotopic (exact) mass is 101 g/mol. The van der Waals surface area contributed by atoms with Crippen LogP contribution in [-0.2, 0) is 4.74 Å². The molecular weight excluding hydrogens is 94.1 g/mol. The van der Waals surface area contributed by atoms with Gasteiger partial charge in [-0.15, -0.1) is 0 Å². The van der Waals surface area contributed by atoms with Crippen LogP contribution in [-0.4, -0.2) is 20.3 Å². The van der Waals surface area contributed by atoms with E-state index in [2.05, 4.69) is 14.8 Å². The molecular formula is C3H7N3O. The lowest BCUT2D eigenvalue weighted by molar-refractivity contribution is 0.207. The van der Waals surface area contributed by atoms with Gasteiger partial charge in [-0.1, -0.05) is 5.11 Å². The van der Waals surface area contributed by atoms with E-state index in [4.69, 9.17) is 5.53 Å². The van der Waals surface area contributed by atoms with Gasteiger partial charge < -0.3 is 4.74 Å². The second-order valence-corrected chi connectivity index (χ2v) is 0.947. The molecule has 0 aromatic carbocycles. The Morgan fingerprint density at radius 1 is 1.86 bits per heavy atom. The minimum absolute atomic E-state index is 0.424. The van der Waals surface area contributed by atoms with E-state index in [1.54, 1.807) is 7.11 Å². The van der Waals surface area contributed by atoms with Gasteiger partial charge in [0.2, 0.25) is 0 Å². The number of azide groups is 1. The molecule has 0 fully saturated rings. The zero-order chi connectivity index (χ0) is 5.54. The topological polar surface area (TPSA) is 58.0 Å². The summed E-state index contributed by atoms with van der Waals surface area (Å²) in [4.78, 5) is 2.52. The first-order chi connectivity index (χ1) is 3.41. The van der Waals surface area contributed by atoms with Crippen LogP contribution in [0, 0.1) is 0 Å². The van der Waals surface area contributed by atoms with Crippen molar-refractivity contribution in [2.45, 2.75) is 0 Å². The predicted octanol–water partition coefficient (Wildman–Crippen LogP) is 0.943. The summed E-state index contributed by atoms with van der Waals surface area (Å²) in [5.41, 5.74) is 7.70. The van der Waals surface area contributed by atoms with Crippen molar-refractivity contribution in [1.82, 2.24) is 0 Å². The third-order valence-corrected chi connectivity index (χ3v) is 0.459. The Bertz CT molecular complexity index is 76.2. The molecule has 40 valence electrons. The molecule has 0 aliphatic carbocycles. The molecule has 0 spiro atoms. The number of hydrogen-bond acceptors (Lipinski definition) is 2. The minimum Gasteiger partial charge on any atom is -0.385 e. The van der Waals surface area contributed by atoms with Gasteiger partial charge in [-0.05, 0) is 5.53 Å². The predicted molar refractivity (Wildman–Crippen MR) is 25.9 cm³/mol. The highest BCUT2D eigenvalue weighted by molar-refractivity contribution is 4.42. The Morgan fingerprint density at radius 3 is 3.00 bits per heavy atom. The molecule has 0 aliphatic heterocycles. The van der Waals surface area contributed by atoms with Gasteiger partial charge in [-0.3, -0.25) is 0 Å². The van der Waals surface area contributed by atoms with E-state index in [0.29, 0.717) is 13.2 Å². The highest BCUT2D eigenvalue weighted by Crippen LogP contribution is 1.69. The quantitative estimate of drug-likeness (QED) is 0.226. The molecule has 0 unspecified atom stereocenters. The van der Waals surface area contributed by atoms with Crippen LogP contribution >= 0.6 is 0 Å². The first-order valence-electron chi connectivity index (χ1n) is 1.91. The molecule has 7 heavy (non-hydrogen) atoms. The number of methoxy groups -OCH3 is 1. The van der Waals surface area contributed by atoms with E-state index in [9.17, 15) is 0 Å². The molecule has 0 aromatic heterocycles. The maximum Gasteiger partial charge on any atom is 0.0518 e. The Morgan fingerprint density at radius 2 is 2.57 bits per heavy atom. The van der Waals surface area contributed by atoms with Crippen molar-refractivity contribution < 1.29 is 4.74 Å². The van der Waals surface area contributed by atoms with Crippen LogP contribution in [0.4, 0.5) is 0 Å². The van der Waals surface area contributed by atoms with Crippen LogP contribution in [0.3, 0.4) is 0 Å². The molecule has 0 aromatic rings. The summed E-state index contributed by atoms with van der Waals surface area (Å²) in [7, 11) is 1.56. The average Bonchev–Trinajstić information content (AvgIpc) is 1.69. The smallest absolute Gasteiger partial charge is 0.0518 e. The fourth-order valence-electron chi connectivity index (χ4n) is 0.177. The van der Waals surface area contributed by atoms with Crippen molar-refractivity contribution in [3.05, 3.63) is 10.4 Å². The number of nitrogens with zero attached hydrogens (tertiary/aromatic N) is 3. The highest BCUT2D eigenvalue weighted by Gasteiger charge is 1.73.